The highest BCUT2D eigenvalue weighted by Crippen LogP contribution is 2.24. The molecule has 0 atom stereocenters. The molecule has 8 heteroatoms. The number of ether oxygens (including phenoxy) is 1. The van der Waals surface area contributed by atoms with Crippen LogP contribution in [0.5, 0.6) is 5.75 Å². The zero-order valence-corrected chi connectivity index (χ0v) is 9.61. The second-order valence-corrected chi connectivity index (χ2v) is 3.56. The minimum Gasteiger partial charge on any atom is -0.406 e. The van der Waals surface area contributed by atoms with Crippen LogP contribution < -0.4 is 4.74 Å². The number of rotatable bonds is 3. The van der Waals surface area contributed by atoms with Gasteiger partial charge in [0, 0.05) is 6.07 Å². The predicted molar refractivity (Wildman–Crippen MR) is 57.6 cm³/mol. The standard InChI is InChI=1S/C10H7ClF3N3O/c11-5-9-16-15-6-17(9)7-2-1-3-8(4-7)18-10(12,13)14/h1-4,6H,5H2. The topological polar surface area (TPSA) is 39.9 Å². The summed E-state index contributed by atoms with van der Waals surface area (Å²) >= 11 is 5.63. The van der Waals surface area contributed by atoms with Crippen LogP contribution >= 0.6 is 11.6 Å². The highest BCUT2D eigenvalue weighted by atomic mass is 35.5. The Morgan fingerprint density at radius 3 is 2.78 bits per heavy atom. The van der Waals surface area contributed by atoms with E-state index in [-0.39, 0.29) is 11.6 Å². The van der Waals surface area contributed by atoms with Crippen LogP contribution in [0.4, 0.5) is 13.2 Å². The van der Waals surface area contributed by atoms with Gasteiger partial charge in [-0.1, -0.05) is 6.07 Å². The van der Waals surface area contributed by atoms with Gasteiger partial charge in [0.25, 0.3) is 0 Å². The van der Waals surface area contributed by atoms with Crippen LogP contribution in [0, 0.1) is 0 Å². The molecule has 2 rings (SSSR count). The fraction of sp³-hybridized carbons (Fsp3) is 0.200. The quantitative estimate of drug-likeness (QED) is 0.810. The maximum Gasteiger partial charge on any atom is 0.573 e. The summed E-state index contributed by atoms with van der Waals surface area (Å²) in [5.74, 6) is 0.222. The van der Waals surface area contributed by atoms with Crippen LogP contribution in [0.2, 0.25) is 0 Å². The molecule has 96 valence electrons. The molecule has 2 aromatic rings. The molecule has 0 fully saturated rings. The Morgan fingerprint density at radius 2 is 2.11 bits per heavy atom. The van der Waals surface area contributed by atoms with Gasteiger partial charge in [-0.15, -0.1) is 35.0 Å². The zero-order chi connectivity index (χ0) is 13.2. The van der Waals surface area contributed by atoms with Gasteiger partial charge in [0.1, 0.15) is 12.1 Å². The minimum absolute atomic E-state index is 0.102. The van der Waals surface area contributed by atoms with Crippen molar-refractivity contribution >= 4 is 11.6 Å². The molecule has 4 nitrogen and oxygen atoms in total. The average Bonchev–Trinajstić information content (AvgIpc) is 2.75. The van der Waals surface area contributed by atoms with Gasteiger partial charge in [0.05, 0.1) is 11.6 Å². The molecule has 0 bridgehead atoms. The highest BCUT2D eigenvalue weighted by Gasteiger charge is 2.31. The molecule has 0 aliphatic rings. The molecule has 0 radical (unpaired) electrons. The summed E-state index contributed by atoms with van der Waals surface area (Å²) in [7, 11) is 0. The lowest BCUT2D eigenvalue weighted by Crippen LogP contribution is -2.17. The number of nitrogens with zero attached hydrogens (tertiary/aromatic N) is 3. The summed E-state index contributed by atoms with van der Waals surface area (Å²) in [4.78, 5) is 0. The number of hydrogen-bond acceptors (Lipinski definition) is 3. The van der Waals surface area contributed by atoms with Crippen LogP contribution in [-0.2, 0) is 5.88 Å². The van der Waals surface area contributed by atoms with Gasteiger partial charge in [-0.05, 0) is 12.1 Å². The van der Waals surface area contributed by atoms with Gasteiger partial charge in [-0.25, -0.2) is 0 Å². The van der Waals surface area contributed by atoms with Crippen molar-refractivity contribution in [2.45, 2.75) is 12.2 Å². The van der Waals surface area contributed by atoms with E-state index in [1.807, 2.05) is 0 Å². The third-order valence-electron chi connectivity index (χ3n) is 2.07. The fourth-order valence-corrected chi connectivity index (χ4v) is 1.58. The summed E-state index contributed by atoms with van der Waals surface area (Å²) in [6.07, 6.45) is -3.36. The van der Waals surface area contributed by atoms with Crippen LogP contribution in [0.15, 0.2) is 30.6 Å². The molecular formula is C10H7ClF3N3O. The van der Waals surface area contributed by atoms with Crippen LogP contribution in [0.3, 0.4) is 0 Å². The Kier molecular flexibility index (Phi) is 3.42. The SMILES string of the molecule is FC(F)(F)Oc1cccc(-n2cnnc2CCl)c1. The molecule has 1 aromatic carbocycles. The molecule has 0 unspecified atom stereocenters. The largest absolute Gasteiger partial charge is 0.573 e. The summed E-state index contributed by atoms with van der Waals surface area (Å²) < 4.78 is 41.6. The lowest BCUT2D eigenvalue weighted by atomic mass is 10.3. The molecule has 1 heterocycles. The van der Waals surface area contributed by atoms with Crippen molar-refractivity contribution in [1.29, 1.82) is 0 Å². The number of aromatic nitrogens is 3. The summed E-state index contributed by atoms with van der Waals surface area (Å²) in [5.41, 5.74) is 0.442. The van der Waals surface area contributed by atoms with Gasteiger partial charge in [-0.3, -0.25) is 4.57 Å². The van der Waals surface area contributed by atoms with E-state index in [0.717, 1.165) is 0 Å². The van der Waals surface area contributed by atoms with Crippen molar-refractivity contribution in [2.75, 3.05) is 0 Å². The van der Waals surface area contributed by atoms with Gasteiger partial charge in [-0.2, -0.15) is 0 Å². The molecule has 0 saturated heterocycles. The van der Waals surface area contributed by atoms with E-state index in [9.17, 15) is 13.2 Å². The first-order valence-electron chi connectivity index (χ1n) is 4.80. The van der Waals surface area contributed by atoms with E-state index in [2.05, 4.69) is 14.9 Å². The number of halogens is 4. The number of hydrogen-bond donors (Lipinski definition) is 0. The van der Waals surface area contributed by atoms with Crippen molar-refractivity contribution < 1.29 is 17.9 Å². The minimum atomic E-state index is -4.72. The second-order valence-electron chi connectivity index (χ2n) is 3.30. The Hall–Kier alpha value is -1.76. The monoisotopic (exact) mass is 277 g/mol. The van der Waals surface area contributed by atoms with Gasteiger partial charge < -0.3 is 4.74 Å². The maximum atomic E-state index is 12.1. The molecule has 0 aliphatic carbocycles. The first kappa shape index (κ1) is 12.7. The van der Waals surface area contributed by atoms with Crippen molar-refractivity contribution in [2.24, 2.45) is 0 Å². The third-order valence-corrected chi connectivity index (χ3v) is 2.31. The predicted octanol–water partition coefficient (Wildman–Crippen LogP) is 2.90. The fourth-order valence-electron chi connectivity index (χ4n) is 1.40. The highest BCUT2D eigenvalue weighted by molar-refractivity contribution is 6.16. The van der Waals surface area contributed by atoms with E-state index in [1.54, 1.807) is 6.07 Å². The molecule has 0 amide bonds. The first-order chi connectivity index (χ1) is 8.49. The Labute approximate surface area is 105 Å². The summed E-state index contributed by atoms with van der Waals surface area (Å²) in [6, 6.07) is 5.48. The molecule has 0 aliphatic heterocycles. The normalized spacial score (nSPS) is 11.6. The van der Waals surface area contributed by atoms with E-state index in [0.29, 0.717) is 11.5 Å². The Bertz CT molecular complexity index is 541. The van der Waals surface area contributed by atoms with Crippen LogP contribution in [0.25, 0.3) is 5.69 Å². The first-order valence-corrected chi connectivity index (χ1v) is 5.34. The van der Waals surface area contributed by atoms with E-state index >= 15 is 0 Å². The van der Waals surface area contributed by atoms with Crippen molar-refractivity contribution in [3.05, 3.63) is 36.4 Å². The molecule has 0 spiro atoms. The molecular weight excluding hydrogens is 271 g/mol. The number of alkyl halides is 4. The van der Waals surface area contributed by atoms with Gasteiger partial charge in [0.2, 0.25) is 0 Å². The third kappa shape index (κ3) is 2.92. The second kappa shape index (κ2) is 4.85. The van der Waals surface area contributed by atoms with E-state index < -0.39 is 6.36 Å². The van der Waals surface area contributed by atoms with Gasteiger partial charge >= 0.3 is 6.36 Å². The Balaban J connectivity index is 2.33. The van der Waals surface area contributed by atoms with Crippen molar-refractivity contribution in [1.82, 2.24) is 14.8 Å². The molecule has 0 N–H and O–H groups in total. The molecule has 18 heavy (non-hydrogen) atoms. The van der Waals surface area contributed by atoms with E-state index in [1.165, 1.54) is 29.1 Å². The Morgan fingerprint density at radius 1 is 1.33 bits per heavy atom. The summed E-state index contributed by atoms with van der Waals surface area (Å²) in [6.45, 7) is 0. The van der Waals surface area contributed by atoms with Crippen LogP contribution in [0.1, 0.15) is 5.82 Å². The van der Waals surface area contributed by atoms with Crippen LogP contribution in [-0.4, -0.2) is 21.1 Å². The smallest absolute Gasteiger partial charge is 0.406 e. The average molecular weight is 278 g/mol. The van der Waals surface area contributed by atoms with Crippen molar-refractivity contribution in [3.63, 3.8) is 0 Å². The van der Waals surface area contributed by atoms with Crippen molar-refractivity contribution in [3.8, 4) is 11.4 Å². The zero-order valence-electron chi connectivity index (χ0n) is 8.86. The summed E-state index contributed by atoms with van der Waals surface area (Å²) in [5, 5.41) is 7.37. The maximum absolute atomic E-state index is 12.1. The van der Waals surface area contributed by atoms with E-state index in [4.69, 9.17) is 11.6 Å². The number of benzene rings is 1. The van der Waals surface area contributed by atoms with Gasteiger partial charge in [0.15, 0.2) is 5.82 Å². The molecule has 0 saturated carbocycles. The molecule has 1 aromatic heterocycles. The lowest BCUT2D eigenvalue weighted by Gasteiger charge is -2.10. The lowest BCUT2D eigenvalue weighted by molar-refractivity contribution is -0.274.